The highest BCUT2D eigenvalue weighted by Gasteiger charge is 2.34. The fraction of sp³-hybridized carbons (Fsp3) is 0.250. The number of hydrogen-bond donors (Lipinski definition) is 3. The van der Waals surface area contributed by atoms with E-state index >= 15 is 0 Å². The number of ketones is 1. The fourth-order valence-electron chi connectivity index (χ4n) is 7.73. The molecule has 2 aliphatic rings. The zero-order valence-corrected chi connectivity index (χ0v) is 33.7. The summed E-state index contributed by atoms with van der Waals surface area (Å²) in [6.45, 7) is 6.68. The number of carbonyl (C=O) groups is 5. The van der Waals surface area contributed by atoms with Crippen molar-refractivity contribution in [3.8, 4) is 5.75 Å². The van der Waals surface area contributed by atoms with Crippen LogP contribution in [0, 0.1) is 6.92 Å². The average molecular weight is 809 g/mol. The van der Waals surface area contributed by atoms with Crippen LogP contribution < -0.4 is 21.1 Å². The Morgan fingerprint density at radius 3 is 2.57 bits per heavy atom. The van der Waals surface area contributed by atoms with E-state index in [9.17, 15) is 24.0 Å². The quantitative estimate of drug-likeness (QED) is 0.0616. The van der Waals surface area contributed by atoms with Crippen molar-refractivity contribution in [1.29, 1.82) is 0 Å². The molecule has 0 bridgehead atoms. The van der Waals surface area contributed by atoms with Gasteiger partial charge in [-0.25, -0.2) is 4.98 Å². The summed E-state index contributed by atoms with van der Waals surface area (Å²) in [5, 5.41) is 6.49. The first-order valence-electron chi connectivity index (χ1n) is 19.4. The van der Waals surface area contributed by atoms with Gasteiger partial charge in [0.05, 0.1) is 35.1 Å². The summed E-state index contributed by atoms with van der Waals surface area (Å²) in [7, 11) is 5.10. The number of nitrogens with two attached hydrogens (primary N) is 1. The number of fused-ring (bicyclic) bond motifs is 3. The number of anilines is 3. The summed E-state index contributed by atoms with van der Waals surface area (Å²) < 4.78 is 12.3. The third kappa shape index (κ3) is 7.74. The first-order valence-corrected chi connectivity index (χ1v) is 19.4. The van der Waals surface area contributed by atoms with E-state index in [1.807, 2.05) is 19.1 Å². The topological polar surface area (TPSA) is 193 Å². The second kappa shape index (κ2) is 15.7. The van der Waals surface area contributed by atoms with Crippen LogP contribution >= 0.6 is 0 Å². The zero-order chi connectivity index (χ0) is 42.4. The van der Waals surface area contributed by atoms with Gasteiger partial charge in [0, 0.05) is 88.7 Å². The Morgan fingerprint density at radius 1 is 0.950 bits per heavy atom. The third-order valence-corrected chi connectivity index (χ3v) is 10.7. The van der Waals surface area contributed by atoms with Crippen molar-refractivity contribution in [3.05, 3.63) is 119 Å². The number of hydrogen-bond acceptors (Lipinski definition) is 9. The lowest BCUT2D eigenvalue weighted by Gasteiger charge is -2.20. The minimum atomic E-state index is -0.418. The molecule has 4 aromatic heterocycles. The first kappa shape index (κ1) is 39.3. The molecule has 2 aromatic carbocycles. The minimum absolute atomic E-state index is 0.0355. The number of ether oxygens (including phenoxy) is 1. The molecule has 0 spiro atoms. The van der Waals surface area contributed by atoms with Crippen molar-refractivity contribution in [3.63, 3.8) is 0 Å². The van der Waals surface area contributed by atoms with Crippen LogP contribution in [0.3, 0.4) is 0 Å². The summed E-state index contributed by atoms with van der Waals surface area (Å²) in [4.78, 5) is 77.0. The maximum atomic E-state index is 13.5. The summed E-state index contributed by atoms with van der Waals surface area (Å²) in [6.07, 6.45) is 9.63. The highest BCUT2D eigenvalue weighted by atomic mass is 16.5. The number of aryl methyl sites for hydroxylation is 4. The van der Waals surface area contributed by atoms with Crippen LogP contribution in [0.2, 0.25) is 0 Å². The third-order valence-electron chi connectivity index (χ3n) is 10.7. The van der Waals surface area contributed by atoms with Gasteiger partial charge in [0.2, 0.25) is 11.7 Å². The van der Waals surface area contributed by atoms with Crippen molar-refractivity contribution in [2.24, 2.45) is 26.1 Å². The average Bonchev–Trinajstić information content (AvgIpc) is 4.02. The molecule has 1 atom stereocenters. The van der Waals surface area contributed by atoms with Gasteiger partial charge in [-0.1, -0.05) is 18.2 Å². The molecule has 1 fully saturated rings. The number of nitrogens with one attached hydrogen (secondary N) is 2. The van der Waals surface area contributed by atoms with E-state index in [0.717, 1.165) is 16.5 Å². The smallest absolute Gasteiger partial charge is 0.279 e. The Labute approximate surface area is 344 Å². The van der Waals surface area contributed by atoms with Gasteiger partial charge in [0.25, 0.3) is 17.7 Å². The summed E-state index contributed by atoms with van der Waals surface area (Å²) in [5.74, 6) is -0.383. The van der Waals surface area contributed by atoms with E-state index < -0.39 is 5.91 Å². The number of benzene rings is 2. The maximum Gasteiger partial charge on any atom is 0.279 e. The van der Waals surface area contributed by atoms with Gasteiger partial charge >= 0.3 is 0 Å². The molecule has 0 saturated carbocycles. The molecule has 4 N–H and O–H groups in total. The standard InChI is InChI=1S/C44H44N10O6/c1-25-13-31-20-46-33-19-38(26(2)14-32(33)43(58)54(31)21-25)60-12-6-7-40(56)48-39-24-52(5)41(49-39)37(55)16-27-15-35(50(3)22-27)42(57)47-30-18-36(51(4)23-30)44(59)53-11-10-28-8-9-29(45)17-34(28)53/h8-11,14-15,17-20,22-24,31H,1,6-7,12-13,16,21,45H2,2-5H3,(H,47,57)(H,48,56)/t31-/m0/s1. The fourth-order valence-corrected chi connectivity index (χ4v) is 7.73. The van der Waals surface area contributed by atoms with Crippen molar-refractivity contribution in [2.45, 2.75) is 38.6 Å². The number of aliphatic imine (C=N–C) groups is 1. The first-order chi connectivity index (χ1) is 28.7. The second-order valence-corrected chi connectivity index (χ2v) is 15.4. The molecule has 2 aliphatic heterocycles. The van der Waals surface area contributed by atoms with Crippen molar-refractivity contribution in [2.75, 3.05) is 29.5 Å². The van der Waals surface area contributed by atoms with E-state index in [2.05, 4.69) is 27.2 Å². The summed E-state index contributed by atoms with van der Waals surface area (Å²) in [5.41, 5.74) is 11.8. The van der Waals surface area contributed by atoms with Crippen molar-refractivity contribution in [1.82, 2.24) is 28.2 Å². The second-order valence-electron chi connectivity index (χ2n) is 15.4. The lowest BCUT2D eigenvalue weighted by molar-refractivity contribution is -0.116. The Morgan fingerprint density at radius 2 is 1.75 bits per heavy atom. The van der Waals surface area contributed by atoms with Gasteiger partial charge in [-0.2, -0.15) is 0 Å². The van der Waals surface area contributed by atoms with E-state index in [1.54, 1.807) is 107 Å². The Kier molecular flexibility index (Phi) is 10.3. The van der Waals surface area contributed by atoms with E-state index in [4.69, 9.17) is 10.5 Å². The van der Waals surface area contributed by atoms with E-state index in [0.29, 0.717) is 70.2 Å². The largest absolute Gasteiger partial charge is 0.493 e. The van der Waals surface area contributed by atoms with Gasteiger partial charge < -0.3 is 39.7 Å². The van der Waals surface area contributed by atoms with Crippen LogP contribution in [0.25, 0.3) is 10.9 Å². The normalized spacial score (nSPS) is 14.6. The number of Topliss-reactive ketones (excluding diaryl/α,β-unsaturated/α-hetero) is 1. The van der Waals surface area contributed by atoms with Crippen molar-refractivity contribution >= 4 is 69.4 Å². The SMILES string of the molecule is C=C1C[C@H]2C=Nc3cc(OCCCC(=O)Nc4cn(C)c(C(=O)Cc5cc(C(=O)Nc6cc(C(=O)n7ccc8ccc(N)cc87)n(C)c6)n(C)c5)n4)c(C)cc3C(=O)N2C1. The number of nitrogens with zero attached hydrogens (tertiary/aromatic N) is 7. The molecule has 6 heterocycles. The minimum Gasteiger partial charge on any atom is -0.493 e. The Hall–Kier alpha value is -7.49. The molecule has 6 aromatic rings. The molecular weight excluding hydrogens is 765 g/mol. The Bertz CT molecular complexity index is 2800. The van der Waals surface area contributed by atoms with Gasteiger partial charge in [0.15, 0.2) is 11.6 Å². The summed E-state index contributed by atoms with van der Waals surface area (Å²) >= 11 is 0. The van der Waals surface area contributed by atoms with E-state index in [1.165, 1.54) is 4.57 Å². The van der Waals surface area contributed by atoms with Crippen molar-refractivity contribution < 1.29 is 28.7 Å². The predicted octanol–water partition coefficient (Wildman–Crippen LogP) is 5.59. The van der Waals surface area contributed by atoms with Crippen LogP contribution in [0.4, 0.5) is 22.9 Å². The van der Waals surface area contributed by atoms with Crippen LogP contribution in [0.15, 0.2) is 90.5 Å². The number of amides is 3. The molecule has 0 aliphatic carbocycles. The molecule has 16 heteroatoms. The van der Waals surface area contributed by atoms with Gasteiger partial charge in [-0.05, 0) is 67.3 Å². The molecule has 1 saturated heterocycles. The monoisotopic (exact) mass is 808 g/mol. The molecule has 8 rings (SSSR count). The molecule has 0 unspecified atom stereocenters. The van der Waals surface area contributed by atoms with Gasteiger partial charge in [-0.15, -0.1) is 0 Å². The maximum absolute atomic E-state index is 13.5. The van der Waals surface area contributed by atoms with Crippen LogP contribution in [0.5, 0.6) is 5.75 Å². The van der Waals surface area contributed by atoms with E-state index in [-0.39, 0.29) is 60.6 Å². The summed E-state index contributed by atoms with van der Waals surface area (Å²) in [6, 6.07) is 13.9. The number of imidazole rings is 1. The lowest BCUT2D eigenvalue weighted by Crippen LogP contribution is -2.35. The number of carbonyl (C=O) groups excluding carboxylic acids is 5. The zero-order valence-electron chi connectivity index (χ0n) is 33.7. The molecule has 306 valence electrons. The van der Waals surface area contributed by atoms with Gasteiger partial charge in [0.1, 0.15) is 17.1 Å². The number of rotatable bonds is 12. The molecular formula is C44H44N10O6. The van der Waals surface area contributed by atoms with Crippen LogP contribution in [-0.4, -0.2) is 83.0 Å². The molecule has 0 radical (unpaired) electrons. The lowest BCUT2D eigenvalue weighted by atomic mass is 10.1. The van der Waals surface area contributed by atoms with Crippen LogP contribution in [0.1, 0.15) is 72.3 Å². The number of nitrogen functional groups attached to an aromatic ring is 1. The molecule has 16 nitrogen and oxygen atoms in total. The highest BCUT2D eigenvalue weighted by Crippen LogP contribution is 2.35. The molecule has 3 amide bonds. The molecule has 60 heavy (non-hydrogen) atoms. The van der Waals surface area contributed by atoms with Gasteiger partial charge in [-0.3, -0.25) is 33.5 Å². The Balaban J connectivity index is 0.832. The highest BCUT2D eigenvalue weighted by molar-refractivity contribution is 6.06. The van der Waals surface area contributed by atoms with Crippen LogP contribution in [-0.2, 0) is 32.4 Å². The predicted molar refractivity (Wildman–Crippen MR) is 227 cm³/mol. The number of aromatic nitrogens is 5.